The number of amides is 1. The summed E-state index contributed by atoms with van der Waals surface area (Å²) in [6.45, 7) is 14.9. The summed E-state index contributed by atoms with van der Waals surface area (Å²) in [5.74, 6) is 2.02. The first-order valence-electron chi connectivity index (χ1n) is 16.2. The van der Waals surface area contributed by atoms with Crippen molar-refractivity contribution in [2.75, 3.05) is 52.3 Å². The van der Waals surface area contributed by atoms with Gasteiger partial charge in [-0.2, -0.15) is 0 Å². The molecule has 236 valence electrons. The van der Waals surface area contributed by atoms with E-state index in [4.69, 9.17) is 4.74 Å². The Labute approximate surface area is 263 Å². The van der Waals surface area contributed by atoms with Crippen molar-refractivity contribution in [3.8, 4) is 18.6 Å². The van der Waals surface area contributed by atoms with Gasteiger partial charge in [0.1, 0.15) is 12.3 Å². The number of rotatable bonds is 16. The third kappa shape index (κ3) is 11.5. The largest absolute Gasteiger partial charge is 0.493 e. The molecule has 43 heavy (non-hydrogen) atoms. The first-order valence-corrected chi connectivity index (χ1v) is 16.2. The third-order valence-electron chi connectivity index (χ3n) is 8.20. The smallest absolute Gasteiger partial charge is 0.241 e. The molecule has 3 atom stereocenters. The van der Waals surface area contributed by atoms with Crippen LogP contribution in [0.2, 0.25) is 0 Å². The fraction of sp³-hybridized carbons (Fsp3) is 0.553. The van der Waals surface area contributed by atoms with Gasteiger partial charge in [-0.3, -0.25) is 9.69 Å². The van der Waals surface area contributed by atoms with E-state index in [2.05, 4.69) is 133 Å². The number of allylic oxidation sites excluding steroid dienone is 2. The van der Waals surface area contributed by atoms with Gasteiger partial charge in [0, 0.05) is 36.8 Å². The van der Waals surface area contributed by atoms with Gasteiger partial charge in [0.15, 0.2) is 0 Å². The number of quaternary nitrogens is 1. The van der Waals surface area contributed by atoms with Crippen molar-refractivity contribution in [3.05, 3.63) is 71.3 Å². The predicted octanol–water partition coefficient (Wildman–Crippen LogP) is 7.70. The Morgan fingerprint density at radius 3 is 2.49 bits per heavy atom. The van der Waals surface area contributed by atoms with Crippen LogP contribution in [-0.2, 0) is 17.8 Å². The molecule has 0 aliphatic carbocycles. The Balaban J connectivity index is 0.00000316. The van der Waals surface area contributed by atoms with Crippen molar-refractivity contribution >= 4 is 11.6 Å². The summed E-state index contributed by atoms with van der Waals surface area (Å²) < 4.78 is 6.61. The van der Waals surface area contributed by atoms with Crippen molar-refractivity contribution in [2.24, 2.45) is 5.92 Å². The SMILES string of the molecule is C#C.C/C=C/C(C)CC(CC)N(CC(=O)N(CCCC)c1cccc(C[N+](C)(C)C)c1)C[C@@H](C)c1ccc2c(c1)CCO2. The van der Waals surface area contributed by atoms with Gasteiger partial charge < -0.3 is 14.1 Å². The lowest BCUT2D eigenvalue weighted by Crippen LogP contribution is -2.46. The fourth-order valence-corrected chi connectivity index (χ4v) is 6.07. The van der Waals surface area contributed by atoms with Crippen molar-refractivity contribution < 1.29 is 14.0 Å². The number of hydrogen-bond acceptors (Lipinski definition) is 3. The minimum Gasteiger partial charge on any atom is -0.493 e. The standard InChI is InChI=1S/C36H56N3O2.C2H2/c1-9-12-20-38(34-16-13-15-30(23-34)27-39(6,7)8)36(40)26-37(33(11-3)22-28(4)14-10-2)25-29(5)31-17-18-35-32(24-31)19-21-41-35;1-2/h10,13-18,23-24,28-29,33H,9,11-12,19-22,25-27H2,1-8H3;1-2H/q+1;/b14-10+;/t28?,29-,33?;/m1./s1. The Morgan fingerprint density at radius 2 is 1.84 bits per heavy atom. The van der Waals surface area contributed by atoms with Crippen LogP contribution in [0.3, 0.4) is 0 Å². The average molecular weight is 589 g/mol. The quantitative estimate of drug-likeness (QED) is 0.114. The number of fused-ring (bicyclic) bond motifs is 1. The number of anilines is 1. The maximum Gasteiger partial charge on any atom is 0.241 e. The fourth-order valence-electron chi connectivity index (χ4n) is 6.07. The molecule has 0 saturated heterocycles. The van der Waals surface area contributed by atoms with Gasteiger partial charge in [0.25, 0.3) is 0 Å². The van der Waals surface area contributed by atoms with Crippen LogP contribution in [0.4, 0.5) is 5.69 Å². The van der Waals surface area contributed by atoms with Gasteiger partial charge in [-0.1, -0.05) is 70.5 Å². The average Bonchev–Trinajstić information content (AvgIpc) is 3.44. The number of hydrogen-bond donors (Lipinski definition) is 0. The second-order valence-electron chi connectivity index (χ2n) is 13.1. The van der Waals surface area contributed by atoms with Gasteiger partial charge >= 0.3 is 0 Å². The summed E-state index contributed by atoms with van der Waals surface area (Å²) in [7, 11) is 6.62. The van der Waals surface area contributed by atoms with Crippen LogP contribution in [-0.4, -0.2) is 68.7 Å². The zero-order valence-corrected chi connectivity index (χ0v) is 28.3. The number of benzene rings is 2. The number of nitrogens with zero attached hydrogens (tertiary/aromatic N) is 3. The van der Waals surface area contributed by atoms with Crippen LogP contribution in [0, 0.1) is 18.8 Å². The molecule has 2 aromatic carbocycles. The van der Waals surface area contributed by atoms with Crippen LogP contribution in [0.25, 0.3) is 0 Å². The first kappa shape index (κ1) is 36.1. The molecule has 0 bridgehead atoms. The summed E-state index contributed by atoms with van der Waals surface area (Å²) in [5.41, 5.74) is 4.93. The number of carbonyl (C=O) groups is 1. The molecular formula is C38H58N3O2+. The highest BCUT2D eigenvalue weighted by molar-refractivity contribution is 5.94. The minimum absolute atomic E-state index is 0.201. The van der Waals surface area contributed by atoms with Gasteiger partial charge in [0.2, 0.25) is 5.91 Å². The maximum absolute atomic E-state index is 14.2. The lowest BCUT2D eigenvalue weighted by Gasteiger charge is -2.36. The topological polar surface area (TPSA) is 32.8 Å². The molecule has 5 nitrogen and oxygen atoms in total. The van der Waals surface area contributed by atoms with Crippen molar-refractivity contribution in [1.82, 2.24) is 4.90 Å². The van der Waals surface area contributed by atoms with E-state index >= 15 is 0 Å². The molecule has 2 aromatic rings. The predicted molar refractivity (Wildman–Crippen MR) is 184 cm³/mol. The Hall–Kier alpha value is -3.07. The van der Waals surface area contributed by atoms with Crippen LogP contribution in [0.15, 0.2) is 54.6 Å². The van der Waals surface area contributed by atoms with E-state index < -0.39 is 0 Å². The van der Waals surface area contributed by atoms with Crippen LogP contribution >= 0.6 is 0 Å². The molecule has 0 N–H and O–H groups in total. The Bertz CT molecular complexity index is 1180. The molecule has 2 unspecified atom stereocenters. The van der Waals surface area contributed by atoms with Crippen LogP contribution in [0.1, 0.15) is 82.9 Å². The normalized spacial score (nSPS) is 14.9. The summed E-state index contributed by atoms with van der Waals surface area (Å²) in [5, 5.41) is 0. The lowest BCUT2D eigenvalue weighted by molar-refractivity contribution is -0.884. The number of unbranched alkanes of at least 4 members (excludes halogenated alkanes) is 1. The maximum atomic E-state index is 14.2. The van der Waals surface area contributed by atoms with E-state index in [1.807, 2.05) is 0 Å². The van der Waals surface area contributed by atoms with E-state index in [-0.39, 0.29) is 5.91 Å². The molecule has 0 fully saturated rings. The van der Waals surface area contributed by atoms with Crippen molar-refractivity contribution in [3.63, 3.8) is 0 Å². The van der Waals surface area contributed by atoms with Crippen molar-refractivity contribution in [2.45, 2.75) is 85.2 Å². The molecule has 1 aliphatic rings. The van der Waals surface area contributed by atoms with E-state index in [1.54, 1.807) is 0 Å². The van der Waals surface area contributed by atoms with Gasteiger partial charge in [-0.25, -0.2) is 0 Å². The van der Waals surface area contributed by atoms with Crippen LogP contribution in [0.5, 0.6) is 5.75 Å². The van der Waals surface area contributed by atoms with E-state index in [0.717, 1.165) is 74.3 Å². The second-order valence-corrected chi connectivity index (χ2v) is 13.1. The molecular weight excluding hydrogens is 530 g/mol. The molecule has 1 amide bonds. The summed E-state index contributed by atoms with van der Waals surface area (Å²) in [4.78, 5) is 18.7. The zero-order chi connectivity index (χ0) is 32.0. The van der Waals surface area contributed by atoms with Gasteiger partial charge in [-0.05, 0) is 67.3 Å². The van der Waals surface area contributed by atoms with Gasteiger partial charge in [-0.15, -0.1) is 12.8 Å². The number of terminal acetylenes is 1. The molecule has 0 radical (unpaired) electrons. The summed E-state index contributed by atoms with van der Waals surface area (Å²) in [6, 6.07) is 15.6. The van der Waals surface area contributed by atoms with Crippen LogP contribution < -0.4 is 9.64 Å². The highest BCUT2D eigenvalue weighted by atomic mass is 16.5. The molecule has 1 heterocycles. The highest BCUT2D eigenvalue weighted by Crippen LogP contribution is 2.30. The summed E-state index contributed by atoms with van der Waals surface area (Å²) in [6.07, 6.45) is 17.5. The van der Waals surface area contributed by atoms with E-state index in [9.17, 15) is 4.79 Å². The molecule has 0 aromatic heterocycles. The second kappa shape index (κ2) is 17.9. The van der Waals surface area contributed by atoms with E-state index in [0.29, 0.717) is 24.4 Å². The zero-order valence-electron chi connectivity index (χ0n) is 28.3. The lowest BCUT2D eigenvalue weighted by atomic mass is 9.94. The van der Waals surface area contributed by atoms with Gasteiger partial charge in [0.05, 0.1) is 34.3 Å². The molecule has 1 aliphatic heterocycles. The molecule has 5 heteroatoms. The monoisotopic (exact) mass is 588 g/mol. The number of ether oxygens (including phenoxy) is 1. The minimum atomic E-state index is 0.201. The first-order chi connectivity index (χ1) is 20.5. The summed E-state index contributed by atoms with van der Waals surface area (Å²) >= 11 is 0. The van der Waals surface area contributed by atoms with E-state index in [1.165, 1.54) is 16.7 Å². The van der Waals surface area contributed by atoms with Crippen molar-refractivity contribution in [1.29, 1.82) is 0 Å². The number of carbonyl (C=O) groups excluding carboxylic acids is 1. The highest BCUT2D eigenvalue weighted by Gasteiger charge is 2.27. The third-order valence-corrected chi connectivity index (χ3v) is 8.20. The molecule has 0 spiro atoms. The Morgan fingerprint density at radius 1 is 1.09 bits per heavy atom. The molecule has 3 rings (SSSR count). The molecule has 0 saturated carbocycles. The Kier molecular flexibility index (Phi) is 15.0.